The van der Waals surface area contributed by atoms with Crippen LogP contribution in [0.3, 0.4) is 0 Å². The molecule has 8 nitrogen and oxygen atoms in total. The zero-order valence-corrected chi connectivity index (χ0v) is 19.4. The van der Waals surface area contributed by atoms with Crippen molar-refractivity contribution in [3.63, 3.8) is 0 Å². The highest BCUT2D eigenvalue weighted by molar-refractivity contribution is 9.10. The summed E-state index contributed by atoms with van der Waals surface area (Å²) in [5.74, 6) is -1.74. The maximum absolute atomic E-state index is 13.0. The lowest BCUT2D eigenvalue weighted by Crippen LogP contribution is -2.38. The molecule has 0 radical (unpaired) electrons. The van der Waals surface area contributed by atoms with E-state index in [1.165, 1.54) is 29.2 Å². The predicted octanol–water partition coefficient (Wildman–Crippen LogP) is 4.12. The highest BCUT2D eigenvalue weighted by Crippen LogP contribution is 2.39. The minimum Gasteiger partial charge on any atom is -0.507 e. The Balaban J connectivity index is 2.10. The smallest absolute Gasteiger partial charge is 0.295 e. The number of carbonyl (C=O) groups is 2. The van der Waals surface area contributed by atoms with Crippen molar-refractivity contribution in [2.75, 3.05) is 26.2 Å². The molecule has 9 heteroatoms. The van der Waals surface area contributed by atoms with Gasteiger partial charge in [-0.2, -0.15) is 0 Å². The summed E-state index contributed by atoms with van der Waals surface area (Å²) < 4.78 is 0.806. The molecule has 1 atom stereocenters. The molecule has 0 saturated carbocycles. The van der Waals surface area contributed by atoms with E-state index in [9.17, 15) is 24.8 Å². The summed E-state index contributed by atoms with van der Waals surface area (Å²) >= 11 is 3.34. The van der Waals surface area contributed by atoms with Gasteiger partial charge in [-0.1, -0.05) is 41.9 Å². The molecule has 1 amide bonds. The number of non-ortho nitro benzene ring substituents is 1. The lowest BCUT2D eigenvalue weighted by Gasteiger charge is -2.28. The average molecular weight is 502 g/mol. The van der Waals surface area contributed by atoms with Crippen molar-refractivity contribution in [3.05, 3.63) is 79.8 Å². The highest BCUT2D eigenvalue weighted by Gasteiger charge is 2.46. The number of likely N-dealkylation sites (N-methyl/N-ethyl adjacent to an activating group) is 1. The van der Waals surface area contributed by atoms with Crippen LogP contribution in [0.5, 0.6) is 0 Å². The topological polar surface area (TPSA) is 104 Å². The number of carbonyl (C=O) groups excluding carboxylic acids is 2. The summed E-state index contributed by atoms with van der Waals surface area (Å²) in [4.78, 5) is 40.1. The third kappa shape index (κ3) is 4.73. The molecule has 0 aromatic heterocycles. The molecule has 1 N–H and O–H groups in total. The molecule has 2 aromatic rings. The van der Waals surface area contributed by atoms with Gasteiger partial charge >= 0.3 is 0 Å². The van der Waals surface area contributed by atoms with E-state index in [0.717, 1.165) is 17.6 Å². The number of aliphatic hydroxyl groups is 1. The number of Topliss-reactive ketones (excluding diaryl/α,β-unsaturated/α-hetero) is 1. The quantitative estimate of drug-likeness (QED) is 0.192. The third-order valence-corrected chi connectivity index (χ3v) is 6.16. The normalized spacial score (nSPS) is 17.9. The van der Waals surface area contributed by atoms with Crippen LogP contribution in [-0.2, 0) is 9.59 Å². The number of nitro benzene ring substituents is 1. The number of amides is 1. The molecule has 0 bridgehead atoms. The van der Waals surface area contributed by atoms with Gasteiger partial charge in [0.1, 0.15) is 5.76 Å². The molecule has 3 rings (SSSR count). The van der Waals surface area contributed by atoms with Gasteiger partial charge < -0.3 is 14.9 Å². The van der Waals surface area contributed by atoms with Gasteiger partial charge in [-0.25, -0.2) is 0 Å². The van der Waals surface area contributed by atoms with Crippen molar-refractivity contribution in [1.29, 1.82) is 0 Å². The molecule has 1 saturated heterocycles. The molecule has 1 unspecified atom stereocenters. The Kier molecular flexibility index (Phi) is 7.42. The third-order valence-electron chi connectivity index (χ3n) is 5.63. The van der Waals surface area contributed by atoms with Gasteiger partial charge in [0.25, 0.3) is 17.4 Å². The molecule has 1 aliphatic heterocycles. The summed E-state index contributed by atoms with van der Waals surface area (Å²) in [6.45, 7) is 6.45. The summed E-state index contributed by atoms with van der Waals surface area (Å²) in [6.07, 6.45) is 0. The van der Waals surface area contributed by atoms with E-state index in [1.54, 1.807) is 24.3 Å². The van der Waals surface area contributed by atoms with Crippen LogP contribution in [0.4, 0.5) is 5.69 Å². The van der Waals surface area contributed by atoms with Crippen molar-refractivity contribution >= 4 is 39.1 Å². The molecule has 2 aromatic carbocycles. The minimum atomic E-state index is -0.838. The van der Waals surface area contributed by atoms with E-state index >= 15 is 0 Å². The van der Waals surface area contributed by atoms with Gasteiger partial charge in [0, 0.05) is 35.3 Å². The Bertz CT molecular complexity index is 1050. The van der Waals surface area contributed by atoms with Crippen LogP contribution in [0.15, 0.2) is 58.6 Å². The fourth-order valence-corrected chi connectivity index (χ4v) is 4.05. The Morgan fingerprint density at radius 2 is 1.69 bits per heavy atom. The molecule has 0 spiro atoms. The molecule has 1 heterocycles. The van der Waals surface area contributed by atoms with E-state index in [1.807, 2.05) is 13.8 Å². The van der Waals surface area contributed by atoms with Crippen LogP contribution >= 0.6 is 15.9 Å². The fraction of sp³-hybridized carbons (Fsp3) is 0.304. The fourth-order valence-electron chi connectivity index (χ4n) is 3.79. The second-order valence-electron chi connectivity index (χ2n) is 7.37. The van der Waals surface area contributed by atoms with Crippen molar-refractivity contribution in [1.82, 2.24) is 9.80 Å². The van der Waals surface area contributed by atoms with Crippen LogP contribution in [0.2, 0.25) is 0 Å². The Labute approximate surface area is 194 Å². The summed E-state index contributed by atoms with van der Waals surface area (Å²) in [6, 6.07) is 11.6. The van der Waals surface area contributed by atoms with Crippen LogP contribution in [0, 0.1) is 10.1 Å². The monoisotopic (exact) mass is 501 g/mol. The number of nitro groups is 1. The number of nitrogens with zero attached hydrogens (tertiary/aromatic N) is 3. The molecule has 32 heavy (non-hydrogen) atoms. The lowest BCUT2D eigenvalue weighted by atomic mass is 9.95. The van der Waals surface area contributed by atoms with Gasteiger partial charge in [-0.05, 0) is 42.9 Å². The van der Waals surface area contributed by atoms with Gasteiger partial charge in [-0.15, -0.1) is 0 Å². The lowest BCUT2D eigenvalue weighted by molar-refractivity contribution is -0.384. The second kappa shape index (κ2) is 10.1. The minimum absolute atomic E-state index is 0.0225. The van der Waals surface area contributed by atoms with Crippen LogP contribution < -0.4 is 0 Å². The predicted molar refractivity (Wildman–Crippen MR) is 124 cm³/mol. The van der Waals surface area contributed by atoms with Crippen LogP contribution in [-0.4, -0.2) is 57.7 Å². The highest BCUT2D eigenvalue weighted by atomic mass is 79.9. The zero-order valence-electron chi connectivity index (χ0n) is 17.8. The van der Waals surface area contributed by atoms with Crippen LogP contribution in [0.1, 0.15) is 31.0 Å². The average Bonchev–Trinajstić information content (AvgIpc) is 3.04. The first-order valence-corrected chi connectivity index (χ1v) is 11.1. The first-order chi connectivity index (χ1) is 15.3. The van der Waals surface area contributed by atoms with E-state index in [4.69, 9.17) is 0 Å². The van der Waals surface area contributed by atoms with Gasteiger partial charge in [0.2, 0.25) is 0 Å². The number of rotatable bonds is 8. The number of benzene rings is 2. The van der Waals surface area contributed by atoms with E-state index in [0.29, 0.717) is 17.7 Å². The number of hydrogen-bond acceptors (Lipinski definition) is 6. The number of halogens is 1. The van der Waals surface area contributed by atoms with Gasteiger partial charge in [0.05, 0.1) is 16.5 Å². The van der Waals surface area contributed by atoms with Gasteiger partial charge in [0.15, 0.2) is 0 Å². The Morgan fingerprint density at radius 3 is 2.22 bits per heavy atom. The molecular formula is C23H24BrN3O5. The molecule has 1 aliphatic rings. The summed E-state index contributed by atoms with van der Waals surface area (Å²) in [5.41, 5.74) is 0.808. The van der Waals surface area contributed by atoms with Gasteiger partial charge in [-0.3, -0.25) is 19.7 Å². The molecule has 168 valence electrons. The zero-order chi connectivity index (χ0) is 23.4. The number of aliphatic hydroxyl groups excluding tert-OH is 1. The first kappa shape index (κ1) is 23.6. The van der Waals surface area contributed by atoms with Crippen LogP contribution in [0.25, 0.3) is 5.76 Å². The first-order valence-electron chi connectivity index (χ1n) is 10.3. The van der Waals surface area contributed by atoms with Crippen molar-refractivity contribution in [3.8, 4) is 0 Å². The van der Waals surface area contributed by atoms with E-state index in [2.05, 4.69) is 20.8 Å². The van der Waals surface area contributed by atoms with Crippen molar-refractivity contribution in [2.24, 2.45) is 0 Å². The van der Waals surface area contributed by atoms with E-state index in [-0.39, 0.29) is 23.6 Å². The standard InChI is InChI=1S/C23H24BrN3O5/c1-3-25(4-2)13-14-26-20(15-7-11-18(12-8-15)27(31)32)19(22(29)23(26)30)21(28)16-5-9-17(24)10-6-16/h5-12,20,28H,3-4,13-14H2,1-2H3. The Morgan fingerprint density at radius 1 is 1.09 bits per heavy atom. The largest absolute Gasteiger partial charge is 0.507 e. The summed E-state index contributed by atoms with van der Waals surface area (Å²) in [5, 5.41) is 22.1. The molecule has 0 aliphatic carbocycles. The number of hydrogen-bond donors (Lipinski definition) is 1. The number of ketones is 1. The van der Waals surface area contributed by atoms with Crippen molar-refractivity contribution < 1.29 is 19.6 Å². The SMILES string of the molecule is CCN(CC)CCN1C(=O)C(=O)C(=C(O)c2ccc(Br)cc2)C1c1ccc([N+](=O)[O-])cc1. The molecular weight excluding hydrogens is 478 g/mol. The summed E-state index contributed by atoms with van der Waals surface area (Å²) in [7, 11) is 0. The van der Waals surface area contributed by atoms with E-state index < -0.39 is 22.7 Å². The second-order valence-corrected chi connectivity index (χ2v) is 8.29. The maximum Gasteiger partial charge on any atom is 0.295 e. The molecule has 1 fully saturated rings. The van der Waals surface area contributed by atoms with Crippen molar-refractivity contribution in [2.45, 2.75) is 19.9 Å². The maximum atomic E-state index is 13.0. The number of likely N-dealkylation sites (tertiary alicyclic amines) is 1. The Hall–Kier alpha value is -3.04.